The largest absolute Gasteiger partial charge is 3.00 e. The van der Waals surface area contributed by atoms with Crippen LogP contribution < -0.4 is 19.3 Å². The van der Waals surface area contributed by atoms with Crippen molar-refractivity contribution in [3.05, 3.63) is 186 Å². The van der Waals surface area contributed by atoms with Gasteiger partial charge >= 0.3 is 20.1 Å². The van der Waals surface area contributed by atoms with Crippen molar-refractivity contribution in [1.29, 1.82) is 0 Å². The minimum Gasteiger partial charge on any atom is -0.554 e. The third-order valence-electron chi connectivity index (χ3n) is 10.1. The number of hydrogen-bond acceptors (Lipinski definition) is 8. The monoisotopic (exact) mass is 1020 g/mol. The van der Waals surface area contributed by atoms with Gasteiger partial charge in [0.05, 0.1) is 14.2 Å². The zero-order chi connectivity index (χ0) is 42.4. The Bertz CT molecular complexity index is 3210. The smallest absolute Gasteiger partial charge is 0.554 e. The molecule has 3 heterocycles. The fraction of sp³-hybridized carbons (Fsp3) is 0.0800. The first kappa shape index (κ1) is 42.4. The second kappa shape index (κ2) is 19.2. The van der Waals surface area contributed by atoms with Gasteiger partial charge in [-0.2, -0.15) is 42.1 Å². The predicted molar refractivity (Wildman–Crippen MR) is 244 cm³/mol. The summed E-state index contributed by atoms with van der Waals surface area (Å²) in [6, 6.07) is 57.0. The average Bonchev–Trinajstić information content (AvgIpc) is 4.08. The summed E-state index contributed by atoms with van der Waals surface area (Å²) in [7, 11) is 3.32. The summed E-state index contributed by atoms with van der Waals surface area (Å²) in [6.07, 6.45) is 0.989. The standard InChI is InChI=1S/2C17H12N3O.C16H14N2OS.Ir/c2*1-21-17-11-10-16(12-6-2-3-7-13(12)17)20-18-14-8-4-5-9-15(14)19-20;1-2-11-8-9-13-14(10-11)20-16(17-13)18-15(19)12-6-4-3-5-7-12;/h2*2-9,11H,1H3;3-10H,2H2,1H3,(H,17,18,19);/q2*-1;;+3/p-1. The Morgan fingerprint density at radius 3 is 1.52 bits per heavy atom. The number of ether oxygens (including phenoxy) is 2. The molecule has 3 aromatic heterocycles. The molecule has 0 N–H and O–H groups in total. The van der Waals surface area contributed by atoms with Crippen molar-refractivity contribution in [1.82, 2.24) is 35.0 Å². The molecule has 0 unspecified atom stereocenters. The van der Waals surface area contributed by atoms with E-state index >= 15 is 0 Å². The van der Waals surface area contributed by atoms with Crippen molar-refractivity contribution in [2.45, 2.75) is 13.3 Å². The molecule has 11 nitrogen and oxygen atoms in total. The number of amides is 1. The van der Waals surface area contributed by atoms with Crippen LogP contribution in [-0.4, -0.2) is 50.1 Å². The maximum atomic E-state index is 12.0. The summed E-state index contributed by atoms with van der Waals surface area (Å²) in [4.78, 5) is 24.3. The molecular formula is C50H37IrN8O3S. The third-order valence-corrected chi connectivity index (χ3v) is 11.0. The minimum atomic E-state index is -0.250. The van der Waals surface area contributed by atoms with Crippen molar-refractivity contribution in [3.8, 4) is 22.9 Å². The molecular weight excluding hydrogens is 985 g/mol. The van der Waals surface area contributed by atoms with Gasteiger partial charge in [0.2, 0.25) is 0 Å². The normalized spacial score (nSPS) is 11.2. The summed E-state index contributed by atoms with van der Waals surface area (Å²) in [5, 5.41) is 22.2. The zero-order valence-corrected chi connectivity index (χ0v) is 37.5. The van der Waals surface area contributed by atoms with Crippen LogP contribution >= 0.6 is 11.3 Å². The number of carbonyl (C=O) groups is 1. The van der Waals surface area contributed by atoms with E-state index in [0.29, 0.717) is 10.4 Å². The van der Waals surface area contributed by atoms with E-state index in [4.69, 9.17) is 9.47 Å². The number of carbonyl (C=O) groups excluding carboxylic acids is 1. The fourth-order valence-corrected chi connectivity index (χ4v) is 7.83. The Balaban J connectivity index is 0.000000129. The van der Waals surface area contributed by atoms with Crippen LogP contribution in [0.25, 0.3) is 65.2 Å². The van der Waals surface area contributed by atoms with Crippen LogP contribution in [0.15, 0.2) is 163 Å². The van der Waals surface area contributed by atoms with Crippen LogP contribution in [0.5, 0.6) is 11.5 Å². The molecule has 0 radical (unpaired) electrons. The van der Waals surface area contributed by atoms with Gasteiger partial charge in [-0.3, -0.25) is 4.79 Å². The summed E-state index contributed by atoms with van der Waals surface area (Å²) in [6.45, 7) is 2.12. The van der Waals surface area contributed by atoms with E-state index in [9.17, 15) is 4.79 Å². The van der Waals surface area contributed by atoms with E-state index < -0.39 is 0 Å². The van der Waals surface area contributed by atoms with E-state index in [-0.39, 0.29) is 26.0 Å². The number of rotatable bonds is 6. The SMILES string of the molecule is CCc1ccc2[n-]c(=NC(=O)c3ccccc3)sc2c1.COc1c[c-]c(-n2nc3ccccc3n2)c2ccccc12.COc1c[c-]c(-n2nc3ccccc3n2)c2ccccc12.[Ir+3]. The fourth-order valence-electron chi connectivity index (χ4n) is 6.93. The number of thiazole rings is 1. The molecule has 11 rings (SSSR count). The van der Waals surface area contributed by atoms with Crippen LogP contribution in [-0.2, 0) is 26.5 Å². The van der Waals surface area contributed by atoms with E-state index in [1.807, 2.05) is 133 Å². The molecule has 0 atom stereocenters. The molecule has 1 amide bonds. The second-order valence-electron chi connectivity index (χ2n) is 13.9. The van der Waals surface area contributed by atoms with Gasteiger partial charge in [-0.05, 0) is 59.2 Å². The number of aryl methyl sites for hydroxylation is 1. The van der Waals surface area contributed by atoms with Crippen molar-refractivity contribution >= 4 is 71.1 Å². The van der Waals surface area contributed by atoms with Gasteiger partial charge in [-0.1, -0.05) is 132 Å². The maximum absolute atomic E-state index is 12.0. The molecule has 0 spiro atoms. The average molecular weight is 1020 g/mol. The summed E-state index contributed by atoms with van der Waals surface area (Å²) in [5.74, 6) is 1.34. The molecule has 310 valence electrons. The molecule has 11 aromatic rings. The zero-order valence-electron chi connectivity index (χ0n) is 34.3. The van der Waals surface area contributed by atoms with E-state index in [0.717, 1.165) is 83.1 Å². The van der Waals surface area contributed by atoms with Crippen molar-refractivity contribution in [2.75, 3.05) is 14.2 Å². The van der Waals surface area contributed by atoms with Gasteiger partial charge in [0.1, 0.15) is 22.1 Å². The molecule has 0 saturated carbocycles. The van der Waals surface area contributed by atoms with Gasteiger partial charge < -0.3 is 19.5 Å². The van der Waals surface area contributed by atoms with Crippen molar-refractivity contribution < 1.29 is 34.4 Å². The van der Waals surface area contributed by atoms with E-state index in [2.05, 4.69) is 61.6 Å². The second-order valence-corrected chi connectivity index (χ2v) is 14.9. The first-order chi connectivity index (χ1) is 30.5. The molecule has 0 aliphatic rings. The molecule has 8 aromatic carbocycles. The summed E-state index contributed by atoms with van der Waals surface area (Å²) in [5.41, 5.74) is 7.85. The number of fused-ring (bicyclic) bond motifs is 5. The first-order valence-corrected chi connectivity index (χ1v) is 20.6. The molecule has 0 aliphatic heterocycles. The van der Waals surface area contributed by atoms with Gasteiger partial charge in [-0.25, -0.2) is 0 Å². The number of nitrogens with zero attached hydrogens (tertiary/aromatic N) is 8. The van der Waals surface area contributed by atoms with Crippen molar-refractivity contribution in [3.63, 3.8) is 0 Å². The van der Waals surface area contributed by atoms with Crippen LogP contribution in [0, 0.1) is 12.1 Å². The Hall–Kier alpha value is -7.31. The summed E-state index contributed by atoms with van der Waals surface area (Å²) >= 11 is 1.45. The summed E-state index contributed by atoms with van der Waals surface area (Å²) < 4.78 is 11.9. The first-order valence-electron chi connectivity index (χ1n) is 19.8. The van der Waals surface area contributed by atoms with Crippen LogP contribution in [0.4, 0.5) is 0 Å². The number of aromatic nitrogens is 7. The third kappa shape index (κ3) is 9.03. The Kier molecular flexibility index (Phi) is 12.9. The van der Waals surface area contributed by atoms with Crippen molar-refractivity contribution in [2.24, 2.45) is 4.99 Å². The van der Waals surface area contributed by atoms with Gasteiger partial charge in [0.25, 0.3) is 0 Å². The molecule has 13 heteroatoms. The maximum Gasteiger partial charge on any atom is 3.00 e. The van der Waals surface area contributed by atoms with Gasteiger partial charge in [0, 0.05) is 26.6 Å². The molecule has 0 saturated heterocycles. The minimum absolute atomic E-state index is 0. The number of hydrogen-bond donors (Lipinski definition) is 0. The van der Waals surface area contributed by atoms with Gasteiger partial charge in [0.15, 0.2) is 5.91 Å². The number of methoxy groups -OCH3 is 2. The molecule has 0 fully saturated rings. The van der Waals surface area contributed by atoms with E-state index in [1.54, 1.807) is 35.9 Å². The number of benzene rings is 8. The quantitative estimate of drug-likeness (QED) is 0.151. The molecule has 0 aliphatic carbocycles. The Labute approximate surface area is 379 Å². The van der Waals surface area contributed by atoms with Crippen LogP contribution in [0.3, 0.4) is 0 Å². The topological polar surface area (TPSA) is 123 Å². The van der Waals surface area contributed by atoms with Crippen LogP contribution in [0.2, 0.25) is 0 Å². The molecule has 63 heavy (non-hydrogen) atoms. The predicted octanol–water partition coefficient (Wildman–Crippen LogP) is 9.92. The van der Waals surface area contributed by atoms with Crippen LogP contribution in [0.1, 0.15) is 22.8 Å². The Morgan fingerprint density at radius 1 is 0.619 bits per heavy atom. The molecule has 0 bridgehead atoms. The van der Waals surface area contributed by atoms with Gasteiger partial charge in [-0.15, -0.1) is 35.6 Å². The Morgan fingerprint density at radius 2 is 1.06 bits per heavy atom. The van der Waals surface area contributed by atoms with E-state index in [1.165, 1.54) is 16.9 Å².